The van der Waals surface area contributed by atoms with Crippen molar-refractivity contribution in [3.8, 4) is 17.0 Å². The molecule has 1 aliphatic carbocycles. The van der Waals surface area contributed by atoms with Gasteiger partial charge in [0.25, 0.3) is 5.56 Å². The Labute approximate surface area is 274 Å². The summed E-state index contributed by atoms with van der Waals surface area (Å²) in [5, 5.41) is 21.1. The Bertz CT molecular complexity index is 1910. The average molecular weight is 631 g/mol. The molecule has 1 aliphatic heterocycles. The van der Waals surface area contributed by atoms with E-state index in [0.29, 0.717) is 35.6 Å². The van der Waals surface area contributed by atoms with Crippen LogP contribution in [0, 0.1) is 11.8 Å². The lowest BCUT2D eigenvalue weighted by molar-refractivity contribution is 0.0691. The van der Waals surface area contributed by atoms with E-state index in [0.717, 1.165) is 49.2 Å². The summed E-state index contributed by atoms with van der Waals surface area (Å²) in [4.78, 5) is 32.2. The van der Waals surface area contributed by atoms with E-state index in [9.17, 15) is 19.8 Å². The molecule has 3 N–H and O–H groups in total. The van der Waals surface area contributed by atoms with E-state index in [2.05, 4.69) is 93.1 Å². The molecular formula is C39H42N4O4. The zero-order valence-corrected chi connectivity index (χ0v) is 27.0. The van der Waals surface area contributed by atoms with Gasteiger partial charge in [-0.3, -0.25) is 14.6 Å². The number of likely N-dealkylation sites (tertiary alicyclic amines) is 1. The van der Waals surface area contributed by atoms with Gasteiger partial charge < -0.3 is 19.8 Å². The van der Waals surface area contributed by atoms with Crippen molar-refractivity contribution in [2.75, 3.05) is 13.1 Å². The lowest BCUT2D eigenvalue weighted by Gasteiger charge is -2.30. The molecule has 2 fully saturated rings. The lowest BCUT2D eigenvalue weighted by Crippen LogP contribution is -2.34. The fraction of sp³-hybridized carbons (Fsp3) is 0.333. The second-order valence-electron chi connectivity index (χ2n) is 13.4. The maximum absolute atomic E-state index is 12.6. The van der Waals surface area contributed by atoms with Crippen LogP contribution in [-0.2, 0) is 33.1 Å². The second kappa shape index (κ2) is 12.9. The van der Waals surface area contributed by atoms with Gasteiger partial charge in [-0.1, -0.05) is 73.7 Å². The van der Waals surface area contributed by atoms with E-state index >= 15 is 0 Å². The van der Waals surface area contributed by atoms with Crippen molar-refractivity contribution in [3.63, 3.8) is 0 Å². The Morgan fingerprint density at radius 2 is 1.53 bits per heavy atom. The van der Waals surface area contributed by atoms with Crippen LogP contribution in [0.2, 0.25) is 0 Å². The lowest BCUT2D eigenvalue weighted by atomic mass is 9.99. The average Bonchev–Trinajstić information content (AvgIpc) is 3.72. The molecule has 2 aromatic heterocycles. The molecule has 0 unspecified atom stereocenters. The molecule has 0 bridgehead atoms. The van der Waals surface area contributed by atoms with E-state index in [-0.39, 0.29) is 0 Å². The number of nitrogens with zero attached hydrogens (tertiary/aromatic N) is 3. The minimum Gasteiger partial charge on any atom is -0.506 e. The first kappa shape index (κ1) is 31.0. The zero-order chi connectivity index (χ0) is 32.7. The van der Waals surface area contributed by atoms with Crippen LogP contribution in [0.5, 0.6) is 5.75 Å². The molecule has 8 nitrogen and oxygen atoms in total. The number of nitrogens with one attached hydrogen (secondary N) is 1. The molecule has 5 aromatic rings. The molecule has 0 amide bonds. The minimum atomic E-state index is -1.44. The van der Waals surface area contributed by atoms with E-state index in [1.807, 2.05) is 25.1 Å². The van der Waals surface area contributed by atoms with E-state index in [1.54, 1.807) is 0 Å². The van der Waals surface area contributed by atoms with Gasteiger partial charge >= 0.3 is 5.97 Å². The van der Waals surface area contributed by atoms with Crippen molar-refractivity contribution in [1.29, 1.82) is 0 Å². The summed E-state index contributed by atoms with van der Waals surface area (Å²) in [5.41, 5.74) is 5.27. The van der Waals surface area contributed by atoms with Crippen LogP contribution in [-0.4, -0.2) is 54.7 Å². The van der Waals surface area contributed by atoms with Gasteiger partial charge in [0, 0.05) is 68.0 Å². The number of pyridine rings is 1. The Balaban J connectivity index is 1.06. The van der Waals surface area contributed by atoms with Crippen LogP contribution in [0.15, 0.2) is 89.7 Å². The fourth-order valence-corrected chi connectivity index (χ4v) is 8.10. The number of aromatic hydroxyl groups is 1. The van der Waals surface area contributed by atoms with Crippen molar-refractivity contribution in [1.82, 2.24) is 19.4 Å². The third-order valence-corrected chi connectivity index (χ3v) is 10.4. The number of rotatable bonds is 10. The normalized spacial score (nSPS) is 19.5. The summed E-state index contributed by atoms with van der Waals surface area (Å²) >= 11 is 0. The first-order chi connectivity index (χ1) is 22.8. The van der Waals surface area contributed by atoms with Gasteiger partial charge in [-0.15, -0.1) is 0 Å². The number of fused-ring (bicyclic) bond motifs is 2. The van der Waals surface area contributed by atoms with Gasteiger partial charge in [0.2, 0.25) is 0 Å². The maximum atomic E-state index is 12.6. The number of benzene rings is 3. The highest BCUT2D eigenvalue weighted by Crippen LogP contribution is 2.42. The van der Waals surface area contributed by atoms with E-state index in [1.165, 1.54) is 29.7 Å². The molecule has 0 spiro atoms. The van der Waals surface area contributed by atoms with Crippen LogP contribution in [0.25, 0.3) is 22.2 Å². The van der Waals surface area contributed by atoms with Crippen molar-refractivity contribution in [2.45, 2.75) is 51.9 Å². The zero-order valence-electron chi connectivity index (χ0n) is 27.0. The van der Waals surface area contributed by atoms with Crippen LogP contribution in [0.3, 0.4) is 0 Å². The second-order valence-corrected chi connectivity index (χ2v) is 13.4. The highest BCUT2D eigenvalue weighted by Gasteiger charge is 2.42. The van der Waals surface area contributed by atoms with Crippen LogP contribution in [0.1, 0.15) is 52.5 Å². The summed E-state index contributed by atoms with van der Waals surface area (Å²) in [6, 6.07) is 30.4. The Morgan fingerprint density at radius 3 is 2.11 bits per heavy atom. The SMILES string of the molecule is CCc1c(-c2ccc3c(c2)cc(CN2C[C@H]4C[C@@H](N(Cc5ccccc5)Cc5ccccc5)C[C@H]4C2)n3C)[nH]c(=O)c(C(=O)O)c1O. The molecule has 1 saturated heterocycles. The van der Waals surface area contributed by atoms with E-state index < -0.39 is 22.8 Å². The monoisotopic (exact) mass is 630 g/mol. The largest absolute Gasteiger partial charge is 0.506 e. The smallest absolute Gasteiger partial charge is 0.345 e. The standard InChI is InChI=1S/C39H42N4O4/c1-3-33-36(40-38(45)35(37(33)44)39(46)47)27-14-15-34-28(16-27)17-32(41(34)2)24-42-22-29-18-31(19-30(29)23-42)43(20-25-10-6-4-7-11-25)21-26-12-8-5-9-13-26/h4-17,29-31H,3,18-24H2,1-2H3,(H,46,47)(H2,40,44,45)/t29-,30+,31-. The van der Waals surface area contributed by atoms with Crippen LogP contribution >= 0.6 is 0 Å². The van der Waals surface area contributed by atoms with Gasteiger partial charge in [-0.05, 0) is 66.0 Å². The third-order valence-electron chi connectivity index (χ3n) is 10.4. The number of aromatic nitrogens is 2. The quantitative estimate of drug-likeness (QED) is 0.165. The van der Waals surface area contributed by atoms with Crippen molar-refractivity contribution in [3.05, 3.63) is 123 Å². The summed E-state index contributed by atoms with van der Waals surface area (Å²) < 4.78 is 2.24. The van der Waals surface area contributed by atoms with Gasteiger partial charge in [0.1, 0.15) is 5.75 Å². The first-order valence-electron chi connectivity index (χ1n) is 16.6. The molecule has 0 radical (unpaired) electrons. The molecule has 242 valence electrons. The summed E-state index contributed by atoms with van der Waals surface area (Å²) in [6.45, 7) is 6.86. The van der Waals surface area contributed by atoms with Crippen molar-refractivity contribution < 1.29 is 15.0 Å². The number of aromatic carboxylic acids is 1. The predicted molar refractivity (Wildman–Crippen MR) is 184 cm³/mol. The molecule has 3 heterocycles. The molecule has 2 aliphatic rings. The predicted octanol–water partition coefficient (Wildman–Crippen LogP) is 6.41. The van der Waals surface area contributed by atoms with Gasteiger partial charge in [0.05, 0.1) is 5.69 Å². The van der Waals surface area contributed by atoms with Crippen LogP contribution < -0.4 is 5.56 Å². The number of carboxylic acid groups (broad SMARTS) is 1. The number of aryl methyl sites for hydroxylation is 1. The molecule has 8 heteroatoms. The number of hydrogen-bond acceptors (Lipinski definition) is 5. The van der Waals surface area contributed by atoms with Gasteiger partial charge in [-0.25, -0.2) is 4.79 Å². The summed E-state index contributed by atoms with van der Waals surface area (Å²) in [6.07, 6.45) is 2.83. The number of aromatic amines is 1. The third kappa shape index (κ3) is 6.11. The maximum Gasteiger partial charge on any atom is 0.345 e. The first-order valence-corrected chi connectivity index (χ1v) is 16.6. The Kier molecular flexibility index (Phi) is 8.47. The van der Waals surface area contributed by atoms with E-state index in [4.69, 9.17) is 0 Å². The molecular weight excluding hydrogens is 588 g/mol. The highest BCUT2D eigenvalue weighted by molar-refractivity contribution is 5.92. The number of hydrogen-bond donors (Lipinski definition) is 3. The molecule has 1 saturated carbocycles. The fourth-order valence-electron chi connectivity index (χ4n) is 8.10. The minimum absolute atomic E-state index is 0.380. The molecule has 47 heavy (non-hydrogen) atoms. The molecule has 3 aromatic carbocycles. The highest BCUT2D eigenvalue weighted by atomic mass is 16.4. The number of H-pyrrole nitrogens is 1. The Morgan fingerprint density at radius 1 is 0.915 bits per heavy atom. The summed E-state index contributed by atoms with van der Waals surface area (Å²) in [7, 11) is 2.10. The van der Waals surface area contributed by atoms with Crippen LogP contribution in [0.4, 0.5) is 0 Å². The van der Waals surface area contributed by atoms with Gasteiger partial charge in [0.15, 0.2) is 5.56 Å². The molecule has 7 rings (SSSR count). The number of carboxylic acids is 1. The number of carbonyl (C=O) groups is 1. The topological polar surface area (TPSA) is 102 Å². The van der Waals surface area contributed by atoms with Gasteiger partial charge in [-0.2, -0.15) is 0 Å². The molecule has 3 atom stereocenters. The summed E-state index contributed by atoms with van der Waals surface area (Å²) in [5.74, 6) is -0.508. The Hall–Kier alpha value is -4.66. The van der Waals surface area contributed by atoms with Crippen molar-refractivity contribution in [2.24, 2.45) is 18.9 Å². The van der Waals surface area contributed by atoms with Crippen molar-refractivity contribution >= 4 is 16.9 Å².